The lowest BCUT2D eigenvalue weighted by atomic mass is 10.1. The SMILES string of the molecule is COc1cc2nccc(-c3cc4c([nH]3)CCNC4=O)c2nc1F. The number of carbonyl (C=O) groups is 1. The molecule has 2 N–H and O–H groups in total. The van der Waals surface area contributed by atoms with E-state index in [0.717, 1.165) is 17.8 Å². The number of nitrogens with one attached hydrogen (secondary N) is 2. The number of methoxy groups -OCH3 is 1. The van der Waals surface area contributed by atoms with Gasteiger partial charge in [-0.2, -0.15) is 4.39 Å². The summed E-state index contributed by atoms with van der Waals surface area (Å²) in [6.45, 7) is 0.604. The quantitative estimate of drug-likeness (QED) is 0.710. The molecule has 0 bridgehead atoms. The maximum absolute atomic E-state index is 14.0. The Kier molecular flexibility index (Phi) is 3.00. The van der Waals surface area contributed by atoms with Gasteiger partial charge in [-0.25, -0.2) is 4.98 Å². The molecule has 0 aromatic carbocycles. The molecular formula is C16H13FN4O2. The summed E-state index contributed by atoms with van der Waals surface area (Å²) >= 11 is 0. The zero-order valence-corrected chi connectivity index (χ0v) is 12.3. The highest BCUT2D eigenvalue weighted by molar-refractivity contribution is 5.99. The van der Waals surface area contributed by atoms with Gasteiger partial charge in [0.05, 0.1) is 18.2 Å². The number of hydrogen-bond donors (Lipinski definition) is 2. The Balaban J connectivity index is 1.92. The van der Waals surface area contributed by atoms with Crippen molar-refractivity contribution in [3.05, 3.63) is 41.6 Å². The summed E-state index contributed by atoms with van der Waals surface area (Å²) in [6, 6.07) is 5.02. The highest BCUT2D eigenvalue weighted by Crippen LogP contribution is 2.30. The van der Waals surface area contributed by atoms with E-state index in [1.165, 1.54) is 13.2 Å². The van der Waals surface area contributed by atoms with Crippen LogP contribution in [-0.4, -0.2) is 34.5 Å². The Morgan fingerprint density at radius 2 is 2.17 bits per heavy atom. The minimum atomic E-state index is -0.691. The number of ether oxygens (including phenoxy) is 1. The predicted octanol–water partition coefficient (Wildman–Crippen LogP) is 2.06. The van der Waals surface area contributed by atoms with Crippen LogP contribution < -0.4 is 10.1 Å². The summed E-state index contributed by atoms with van der Waals surface area (Å²) in [5, 5.41) is 2.80. The molecule has 0 aliphatic carbocycles. The highest BCUT2D eigenvalue weighted by atomic mass is 19.1. The van der Waals surface area contributed by atoms with Crippen molar-refractivity contribution >= 4 is 16.9 Å². The molecular weight excluding hydrogens is 299 g/mol. The molecule has 7 heteroatoms. The fraction of sp³-hybridized carbons (Fsp3) is 0.188. The van der Waals surface area contributed by atoms with Crippen molar-refractivity contribution in [1.29, 1.82) is 0 Å². The number of rotatable bonds is 2. The summed E-state index contributed by atoms with van der Waals surface area (Å²) in [5.74, 6) is -0.747. The molecule has 1 aliphatic rings. The Labute approximate surface area is 130 Å². The molecule has 116 valence electrons. The van der Waals surface area contributed by atoms with Gasteiger partial charge in [-0.1, -0.05) is 0 Å². The van der Waals surface area contributed by atoms with Crippen LogP contribution in [0.4, 0.5) is 4.39 Å². The Morgan fingerprint density at radius 1 is 1.30 bits per heavy atom. The van der Waals surface area contributed by atoms with Gasteiger partial charge < -0.3 is 15.0 Å². The number of nitrogens with zero attached hydrogens (tertiary/aromatic N) is 2. The standard InChI is InChI=1S/C16H13FN4O2/c1-23-13-7-12-14(21-15(13)17)8(2-4-18-12)11-6-9-10(20-11)3-5-19-16(9)22/h2,4,6-7,20H,3,5H2,1H3,(H,19,22). The zero-order valence-electron chi connectivity index (χ0n) is 12.3. The zero-order chi connectivity index (χ0) is 16.0. The van der Waals surface area contributed by atoms with Gasteiger partial charge in [-0.15, -0.1) is 0 Å². The van der Waals surface area contributed by atoms with Crippen LogP contribution in [0, 0.1) is 5.95 Å². The van der Waals surface area contributed by atoms with Crippen molar-refractivity contribution < 1.29 is 13.9 Å². The van der Waals surface area contributed by atoms with Gasteiger partial charge in [0.15, 0.2) is 5.75 Å². The number of carbonyl (C=O) groups excluding carboxylic acids is 1. The number of aromatic amines is 1. The number of aromatic nitrogens is 3. The molecule has 0 radical (unpaired) electrons. The maximum Gasteiger partial charge on any atom is 0.255 e. The number of H-pyrrole nitrogens is 1. The third-order valence-corrected chi connectivity index (χ3v) is 3.95. The molecule has 0 unspecified atom stereocenters. The molecule has 1 amide bonds. The smallest absolute Gasteiger partial charge is 0.255 e. The topological polar surface area (TPSA) is 79.9 Å². The van der Waals surface area contributed by atoms with E-state index < -0.39 is 5.95 Å². The van der Waals surface area contributed by atoms with Gasteiger partial charge in [0.1, 0.15) is 5.52 Å². The molecule has 4 heterocycles. The minimum absolute atomic E-state index is 0.0484. The molecule has 0 atom stereocenters. The Bertz CT molecular complexity index is 935. The van der Waals surface area contributed by atoms with Crippen LogP contribution in [0.5, 0.6) is 5.75 Å². The summed E-state index contributed by atoms with van der Waals surface area (Å²) in [6.07, 6.45) is 2.36. The number of fused-ring (bicyclic) bond motifs is 2. The second-order valence-electron chi connectivity index (χ2n) is 5.29. The van der Waals surface area contributed by atoms with Crippen LogP contribution in [-0.2, 0) is 6.42 Å². The lowest BCUT2D eigenvalue weighted by Gasteiger charge is -2.11. The molecule has 0 spiro atoms. The first-order valence-electron chi connectivity index (χ1n) is 7.17. The first-order valence-corrected chi connectivity index (χ1v) is 7.17. The monoisotopic (exact) mass is 312 g/mol. The number of pyridine rings is 2. The molecule has 4 rings (SSSR count). The van der Waals surface area contributed by atoms with E-state index in [-0.39, 0.29) is 11.7 Å². The first-order chi connectivity index (χ1) is 11.2. The van der Waals surface area contributed by atoms with Crippen molar-refractivity contribution in [2.75, 3.05) is 13.7 Å². The van der Waals surface area contributed by atoms with Gasteiger partial charge in [-0.05, 0) is 12.1 Å². The number of hydrogen-bond acceptors (Lipinski definition) is 4. The van der Waals surface area contributed by atoms with Crippen molar-refractivity contribution in [1.82, 2.24) is 20.3 Å². The average Bonchev–Trinajstić information content (AvgIpc) is 2.99. The van der Waals surface area contributed by atoms with Crippen molar-refractivity contribution in [2.24, 2.45) is 0 Å². The van der Waals surface area contributed by atoms with Gasteiger partial charge in [-0.3, -0.25) is 9.78 Å². The van der Waals surface area contributed by atoms with Crippen molar-refractivity contribution in [3.63, 3.8) is 0 Å². The Morgan fingerprint density at radius 3 is 2.96 bits per heavy atom. The van der Waals surface area contributed by atoms with E-state index in [0.29, 0.717) is 28.7 Å². The van der Waals surface area contributed by atoms with E-state index in [4.69, 9.17) is 4.74 Å². The van der Waals surface area contributed by atoms with Gasteiger partial charge >= 0.3 is 0 Å². The van der Waals surface area contributed by atoms with Crippen LogP contribution in [0.15, 0.2) is 24.4 Å². The lowest BCUT2D eigenvalue weighted by Crippen LogP contribution is -2.31. The van der Waals surface area contributed by atoms with Gasteiger partial charge in [0.25, 0.3) is 11.9 Å². The molecule has 0 saturated heterocycles. The first kappa shape index (κ1) is 13.7. The molecule has 6 nitrogen and oxygen atoms in total. The second-order valence-corrected chi connectivity index (χ2v) is 5.29. The van der Waals surface area contributed by atoms with E-state index in [1.54, 1.807) is 18.3 Å². The largest absolute Gasteiger partial charge is 0.492 e. The summed E-state index contributed by atoms with van der Waals surface area (Å²) in [5.41, 5.74) is 3.85. The maximum atomic E-state index is 14.0. The second kappa shape index (κ2) is 5.05. The fourth-order valence-electron chi connectivity index (χ4n) is 2.83. The summed E-state index contributed by atoms with van der Waals surface area (Å²) < 4.78 is 18.9. The van der Waals surface area contributed by atoms with Crippen LogP contribution >= 0.6 is 0 Å². The van der Waals surface area contributed by atoms with E-state index >= 15 is 0 Å². The molecule has 1 aliphatic heterocycles. The van der Waals surface area contributed by atoms with E-state index in [9.17, 15) is 9.18 Å². The number of halogens is 1. The normalized spacial score (nSPS) is 13.7. The minimum Gasteiger partial charge on any atom is -0.492 e. The van der Waals surface area contributed by atoms with Gasteiger partial charge in [0, 0.05) is 42.2 Å². The average molecular weight is 312 g/mol. The van der Waals surface area contributed by atoms with Crippen LogP contribution in [0.1, 0.15) is 16.1 Å². The molecule has 0 saturated carbocycles. The summed E-state index contributed by atoms with van der Waals surface area (Å²) in [7, 11) is 1.38. The van der Waals surface area contributed by atoms with Crippen LogP contribution in [0.25, 0.3) is 22.3 Å². The predicted molar refractivity (Wildman–Crippen MR) is 81.9 cm³/mol. The highest BCUT2D eigenvalue weighted by Gasteiger charge is 2.21. The fourth-order valence-corrected chi connectivity index (χ4v) is 2.83. The third-order valence-electron chi connectivity index (χ3n) is 3.95. The van der Waals surface area contributed by atoms with Crippen molar-refractivity contribution in [3.8, 4) is 17.0 Å². The van der Waals surface area contributed by atoms with E-state index in [1.807, 2.05) is 0 Å². The van der Waals surface area contributed by atoms with Crippen molar-refractivity contribution in [2.45, 2.75) is 6.42 Å². The molecule has 3 aromatic heterocycles. The van der Waals surface area contributed by atoms with Crippen LogP contribution in [0.2, 0.25) is 0 Å². The molecule has 3 aromatic rings. The van der Waals surface area contributed by atoms with Gasteiger partial charge in [0.2, 0.25) is 0 Å². The summed E-state index contributed by atoms with van der Waals surface area (Å²) in [4.78, 5) is 23.3. The molecule has 0 fully saturated rings. The number of amides is 1. The van der Waals surface area contributed by atoms with E-state index in [2.05, 4.69) is 20.3 Å². The Hall–Kier alpha value is -2.96. The molecule has 23 heavy (non-hydrogen) atoms. The van der Waals surface area contributed by atoms with Crippen LogP contribution in [0.3, 0.4) is 0 Å². The lowest BCUT2D eigenvalue weighted by molar-refractivity contribution is 0.0946. The third kappa shape index (κ3) is 2.12.